The molecule has 1 aromatic carbocycles. The van der Waals surface area contributed by atoms with Crippen molar-refractivity contribution in [3.05, 3.63) is 35.6 Å². The van der Waals surface area contributed by atoms with Crippen molar-refractivity contribution in [3.63, 3.8) is 0 Å². The van der Waals surface area contributed by atoms with Crippen LogP contribution in [0.5, 0.6) is 0 Å². The minimum absolute atomic E-state index is 0.106. The Morgan fingerprint density at radius 3 is 2.71 bits per heavy atom. The van der Waals surface area contributed by atoms with Gasteiger partial charge in [0.15, 0.2) is 0 Å². The highest BCUT2D eigenvalue weighted by molar-refractivity contribution is 5.17. The van der Waals surface area contributed by atoms with Crippen molar-refractivity contribution in [1.82, 2.24) is 10.2 Å². The van der Waals surface area contributed by atoms with Crippen LogP contribution in [0.2, 0.25) is 0 Å². The highest BCUT2D eigenvalue weighted by Crippen LogP contribution is 2.06. The largest absolute Gasteiger partial charge is 0.307 e. The quantitative estimate of drug-likeness (QED) is 0.718. The van der Waals surface area contributed by atoms with Gasteiger partial charge in [-0.25, -0.2) is 4.39 Å². The fourth-order valence-corrected chi connectivity index (χ4v) is 1.36. The molecule has 3 heteroatoms. The van der Waals surface area contributed by atoms with Crippen LogP contribution < -0.4 is 5.32 Å². The Bertz CT molecular complexity index is 276. The van der Waals surface area contributed by atoms with Crippen molar-refractivity contribution in [1.29, 1.82) is 0 Å². The zero-order valence-electron chi connectivity index (χ0n) is 8.76. The van der Waals surface area contributed by atoms with Crippen LogP contribution in [0.1, 0.15) is 5.56 Å². The summed E-state index contributed by atoms with van der Waals surface area (Å²) in [7, 11) is 3.91. The number of rotatable bonds is 5. The van der Waals surface area contributed by atoms with Crippen LogP contribution in [-0.4, -0.2) is 32.2 Å². The summed E-state index contributed by atoms with van der Waals surface area (Å²) < 4.78 is 13.2. The second-order valence-corrected chi connectivity index (χ2v) is 3.43. The second-order valence-electron chi connectivity index (χ2n) is 3.43. The average Bonchev–Trinajstić information content (AvgIpc) is 2.17. The first kappa shape index (κ1) is 11.1. The standard InChI is InChI=1S/C11H17FN2/c1-13-9-14(2)8-7-10-5-3-4-6-11(10)12/h3-6,13H,7-9H2,1-2H3. The summed E-state index contributed by atoms with van der Waals surface area (Å²) in [6.45, 7) is 1.69. The smallest absolute Gasteiger partial charge is 0.126 e. The Hall–Kier alpha value is -0.930. The molecule has 0 aliphatic rings. The lowest BCUT2D eigenvalue weighted by Crippen LogP contribution is -2.30. The number of nitrogens with zero attached hydrogens (tertiary/aromatic N) is 1. The van der Waals surface area contributed by atoms with Crippen LogP contribution in [0.25, 0.3) is 0 Å². The van der Waals surface area contributed by atoms with Crippen LogP contribution in [-0.2, 0) is 6.42 Å². The van der Waals surface area contributed by atoms with Crippen molar-refractivity contribution in [2.45, 2.75) is 6.42 Å². The van der Waals surface area contributed by atoms with E-state index in [9.17, 15) is 4.39 Å². The predicted molar refractivity (Wildman–Crippen MR) is 56.7 cm³/mol. The van der Waals surface area contributed by atoms with E-state index >= 15 is 0 Å². The number of likely N-dealkylation sites (N-methyl/N-ethyl adjacent to an activating group) is 1. The second kappa shape index (κ2) is 5.73. The molecule has 0 unspecified atom stereocenters. The molecule has 0 saturated heterocycles. The van der Waals surface area contributed by atoms with Gasteiger partial charge in [-0.05, 0) is 32.1 Å². The molecule has 0 atom stereocenters. The van der Waals surface area contributed by atoms with E-state index in [1.54, 1.807) is 6.07 Å². The van der Waals surface area contributed by atoms with Crippen LogP contribution in [0.4, 0.5) is 4.39 Å². The molecule has 0 bridgehead atoms. The van der Waals surface area contributed by atoms with Crippen molar-refractivity contribution in [3.8, 4) is 0 Å². The Morgan fingerprint density at radius 2 is 2.07 bits per heavy atom. The highest BCUT2D eigenvalue weighted by atomic mass is 19.1. The number of hydrogen-bond donors (Lipinski definition) is 1. The number of halogens is 1. The molecule has 0 saturated carbocycles. The van der Waals surface area contributed by atoms with Gasteiger partial charge in [-0.15, -0.1) is 0 Å². The van der Waals surface area contributed by atoms with Crippen molar-refractivity contribution >= 4 is 0 Å². The molecule has 0 fully saturated rings. The van der Waals surface area contributed by atoms with E-state index in [4.69, 9.17) is 0 Å². The summed E-state index contributed by atoms with van der Waals surface area (Å²) in [5.74, 6) is -0.106. The van der Waals surface area contributed by atoms with Crippen LogP contribution in [0.15, 0.2) is 24.3 Å². The third-order valence-corrected chi connectivity index (χ3v) is 2.15. The van der Waals surface area contributed by atoms with Crippen LogP contribution >= 0.6 is 0 Å². The molecule has 0 spiro atoms. The van der Waals surface area contributed by atoms with Gasteiger partial charge in [0.1, 0.15) is 5.82 Å². The summed E-state index contributed by atoms with van der Waals surface area (Å²) in [6.07, 6.45) is 0.755. The molecule has 14 heavy (non-hydrogen) atoms. The molecular weight excluding hydrogens is 179 g/mol. The third-order valence-electron chi connectivity index (χ3n) is 2.15. The summed E-state index contributed by atoms with van der Waals surface area (Å²) in [4.78, 5) is 2.12. The minimum atomic E-state index is -0.106. The maximum atomic E-state index is 13.2. The van der Waals surface area contributed by atoms with Gasteiger partial charge < -0.3 is 5.32 Å². The Labute approximate surface area is 84.7 Å². The fourth-order valence-electron chi connectivity index (χ4n) is 1.36. The van der Waals surface area contributed by atoms with Gasteiger partial charge in [-0.2, -0.15) is 0 Å². The van der Waals surface area contributed by atoms with E-state index in [0.29, 0.717) is 0 Å². The molecule has 0 heterocycles. The normalized spacial score (nSPS) is 10.9. The average molecular weight is 196 g/mol. The fraction of sp³-hybridized carbons (Fsp3) is 0.455. The third kappa shape index (κ3) is 3.44. The van der Waals surface area contributed by atoms with E-state index in [2.05, 4.69) is 10.2 Å². The zero-order chi connectivity index (χ0) is 10.4. The van der Waals surface area contributed by atoms with Gasteiger partial charge in [-0.1, -0.05) is 18.2 Å². The number of hydrogen-bond acceptors (Lipinski definition) is 2. The van der Waals surface area contributed by atoms with E-state index in [0.717, 1.165) is 25.2 Å². The molecule has 0 aliphatic heterocycles. The lowest BCUT2D eigenvalue weighted by Gasteiger charge is -2.15. The van der Waals surface area contributed by atoms with E-state index < -0.39 is 0 Å². The Morgan fingerprint density at radius 1 is 1.36 bits per heavy atom. The minimum Gasteiger partial charge on any atom is -0.307 e. The summed E-state index contributed by atoms with van der Waals surface area (Å²) in [5, 5.41) is 3.05. The number of benzene rings is 1. The maximum absolute atomic E-state index is 13.2. The molecule has 0 amide bonds. The van der Waals surface area contributed by atoms with Crippen LogP contribution in [0, 0.1) is 5.82 Å². The van der Waals surface area contributed by atoms with Gasteiger partial charge >= 0.3 is 0 Å². The van der Waals surface area contributed by atoms with Crippen molar-refractivity contribution < 1.29 is 4.39 Å². The molecule has 1 aromatic rings. The van der Waals surface area contributed by atoms with Crippen molar-refractivity contribution in [2.24, 2.45) is 0 Å². The van der Waals surface area contributed by atoms with Gasteiger partial charge in [0.25, 0.3) is 0 Å². The molecule has 0 aromatic heterocycles. The van der Waals surface area contributed by atoms with Gasteiger partial charge in [0.2, 0.25) is 0 Å². The van der Waals surface area contributed by atoms with Crippen LogP contribution in [0.3, 0.4) is 0 Å². The molecule has 2 nitrogen and oxygen atoms in total. The Balaban J connectivity index is 2.41. The monoisotopic (exact) mass is 196 g/mol. The van der Waals surface area contributed by atoms with Gasteiger partial charge in [0, 0.05) is 13.2 Å². The first-order valence-electron chi connectivity index (χ1n) is 4.80. The maximum Gasteiger partial charge on any atom is 0.126 e. The molecular formula is C11H17FN2. The SMILES string of the molecule is CNCN(C)CCc1ccccc1F. The summed E-state index contributed by atoms with van der Waals surface area (Å²) in [5.41, 5.74) is 0.787. The predicted octanol–water partition coefficient (Wildman–Crippen LogP) is 1.48. The molecule has 1 rings (SSSR count). The van der Waals surface area contributed by atoms with Crippen molar-refractivity contribution in [2.75, 3.05) is 27.3 Å². The summed E-state index contributed by atoms with van der Waals surface area (Å²) in [6, 6.07) is 6.93. The van der Waals surface area contributed by atoms with Gasteiger partial charge in [-0.3, -0.25) is 4.90 Å². The van der Waals surface area contributed by atoms with E-state index in [1.807, 2.05) is 26.2 Å². The topological polar surface area (TPSA) is 15.3 Å². The molecule has 1 N–H and O–H groups in total. The van der Waals surface area contributed by atoms with E-state index in [1.165, 1.54) is 6.07 Å². The first-order valence-corrected chi connectivity index (χ1v) is 4.80. The Kier molecular flexibility index (Phi) is 4.56. The summed E-state index contributed by atoms with van der Waals surface area (Å²) >= 11 is 0. The molecule has 0 radical (unpaired) electrons. The molecule has 78 valence electrons. The highest BCUT2D eigenvalue weighted by Gasteiger charge is 2.02. The first-order chi connectivity index (χ1) is 6.74. The zero-order valence-corrected chi connectivity index (χ0v) is 8.76. The molecule has 0 aliphatic carbocycles. The van der Waals surface area contributed by atoms with Gasteiger partial charge in [0.05, 0.1) is 0 Å². The number of nitrogens with one attached hydrogen (secondary N) is 1. The lowest BCUT2D eigenvalue weighted by atomic mass is 10.1. The lowest BCUT2D eigenvalue weighted by molar-refractivity contribution is 0.320. The van der Waals surface area contributed by atoms with E-state index in [-0.39, 0.29) is 5.82 Å².